The third kappa shape index (κ3) is 4.88. The van der Waals surface area contributed by atoms with E-state index in [4.69, 9.17) is 9.15 Å². The minimum absolute atomic E-state index is 0.0693. The van der Waals surface area contributed by atoms with Crippen LogP contribution >= 0.6 is 11.8 Å². The first-order valence-corrected chi connectivity index (χ1v) is 8.89. The summed E-state index contributed by atoms with van der Waals surface area (Å²) < 4.78 is 10.7. The highest BCUT2D eigenvalue weighted by Gasteiger charge is 2.13. The van der Waals surface area contributed by atoms with Gasteiger partial charge in [0.25, 0.3) is 11.1 Å². The summed E-state index contributed by atoms with van der Waals surface area (Å²) >= 11 is 1.12. The average Bonchev–Trinajstić information content (AvgIpc) is 3.31. The van der Waals surface area contributed by atoms with Crippen molar-refractivity contribution in [3.05, 3.63) is 36.5 Å². The van der Waals surface area contributed by atoms with E-state index >= 15 is 0 Å². The van der Waals surface area contributed by atoms with Crippen LogP contribution in [-0.2, 0) is 9.59 Å². The van der Waals surface area contributed by atoms with Crippen molar-refractivity contribution in [3.8, 4) is 17.3 Å². The number of ether oxygens (including phenoxy) is 1. The molecule has 0 saturated heterocycles. The molecule has 0 aliphatic carbocycles. The number of amides is 2. The zero-order chi connectivity index (χ0) is 19.2. The Hall–Kier alpha value is -3.27. The quantitative estimate of drug-likeness (QED) is 0.533. The molecule has 1 aromatic carbocycles. The van der Waals surface area contributed by atoms with E-state index in [9.17, 15) is 9.59 Å². The first kappa shape index (κ1) is 18.5. The van der Waals surface area contributed by atoms with Gasteiger partial charge in [0.15, 0.2) is 0 Å². The van der Waals surface area contributed by atoms with Gasteiger partial charge in [-0.25, -0.2) is 0 Å². The van der Waals surface area contributed by atoms with E-state index in [1.54, 1.807) is 24.4 Å². The van der Waals surface area contributed by atoms with Gasteiger partial charge in [-0.2, -0.15) is 0 Å². The largest absolute Gasteiger partial charge is 0.495 e. The van der Waals surface area contributed by atoms with Crippen molar-refractivity contribution in [2.24, 2.45) is 0 Å². The summed E-state index contributed by atoms with van der Waals surface area (Å²) in [5.74, 6) is 0.418. The molecule has 2 aromatic heterocycles. The monoisotopic (exact) mass is 387 g/mol. The number of nitrogens with zero attached hydrogens (tertiary/aromatic N) is 2. The molecule has 0 aliphatic heterocycles. The van der Waals surface area contributed by atoms with Gasteiger partial charge in [0, 0.05) is 18.8 Å². The van der Waals surface area contributed by atoms with Crippen LogP contribution < -0.4 is 15.4 Å². The summed E-state index contributed by atoms with van der Waals surface area (Å²) in [6.45, 7) is 1.41. The van der Waals surface area contributed by atoms with Gasteiger partial charge in [-0.05, 0) is 30.3 Å². The Morgan fingerprint density at radius 2 is 2.11 bits per heavy atom. The van der Waals surface area contributed by atoms with Crippen LogP contribution in [0.2, 0.25) is 0 Å². The number of benzene rings is 1. The number of anilines is 2. The van der Waals surface area contributed by atoms with Gasteiger partial charge in [0.1, 0.15) is 11.4 Å². The van der Waals surface area contributed by atoms with Gasteiger partial charge < -0.3 is 24.8 Å². The van der Waals surface area contributed by atoms with Crippen molar-refractivity contribution >= 4 is 35.0 Å². The fourth-order valence-electron chi connectivity index (χ4n) is 2.24. The summed E-state index contributed by atoms with van der Waals surface area (Å²) in [6, 6.07) is 8.60. The van der Waals surface area contributed by atoms with Crippen molar-refractivity contribution in [1.29, 1.82) is 0 Å². The maximum absolute atomic E-state index is 12.3. The predicted molar refractivity (Wildman–Crippen MR) is 101 cm³/mol. The van der Waals surface area contributed by atoms with Gasteiger partial charge in [-0.1, -0.05) is 11.8 Å². The van der Waals surface area contributed by atoms with Gasteiger partial charge >= 0.3 is 0 Å². The maximum atomic E-state index is 12.3. The predicted octanol–water partition coefficient (Wildman–Crippen LogP) is 2.76. The molecule has 0 fully saturated rings. The van der Waals surface area contributed by atoms with E-state index in [1.807, 2.05) is 12.1 Å². The van der Waals surface area contributed by atoms with Crippen LogP contribution in [0.1, 0.15) is 6.92 Å². The molecular formula is C17H17N5O4S. The van der Waals surface area contributed by atoms with Crippen LogP contribution in [0.15, 0.2) is 46.2 Å². The molecule has 0 saturated carbocycles. The van der Waals surface area contributed by atoms with E-state index in [-0.39, 0.29) is 22.8 Å². The minimum Gasteiger partial charge on any atom is -0.495 e. The third-order valence-corrected chi connectivity index (χ3v) is 4.17. The van der Waals surface area contributed by atoms with Crippen LogP contribution in [0, 0.1) is 0 Å². The van der Waals surface area contributed by atoms with Crippen molar-refractivity contribution in [2.75, 3.05) is 23.5 Å². The molecule has 3 N–H and O–H groups in total. The number of thioether (sulfide) groups is 1. The van der Waals surface area contributed by atoms with Gasteiger partial charge in [-0.3, -0.25) is 9.59 Å². The standard InChI is InChI=1S/C17H17N5O4S/c1-10(23)19-11-5-6-14(25-2)13(8-11)20-15(24)9-27-17-22-21-16(26-17)12-4-3-7-18-12/h3-8,18H,9H2,1-2H3,(H,19,23)(H,20,24). The Kier molecular flexibility index (Phi) is 5.77. The topological polar surface area (TPSA) is 122 Å². The highest BCUT2D eigenvalue weighted by atomic mass is 32.2. The molecule has 0 bridgehead atoms. The normalized spacial score (nSPS) is 10.4. The molecule has 2 amide bonds. The maximum Gasteiger partial charge on any atom is 0.277 e. The Morgan fingerprint density at radius 3 is 2.81 bits per heavy atom. The number of hydrogen-bond acceptors (Lipinski definition) is 7. The van der Waals surface area contributed by atoms with Crippen LogP contribution in [0.4, 0.5) is 11.4 Å². The smallest absolute Gasteiger partial charge is 0.277 e. The summed E-state index contributed by atoms with van der Waals surface area (Å²) in [7, 11) is 1.50. The summed E-state index contributed by atoms with van der Waals surface area (Å²) in [4.78, 5) is 26.4. The molecule has 0 unspecified atom stereocenters. The van der Waals surface area contributed by atoms with Crippen LogP contribution in [0.25, 0.3) is 11.6 Å². The van der Waals surface area contributed by atoms with E-state index in [2.05, 4.69) is 25.8 Å². The van der Waals surface area contributed by atoms with Crippen molar-refractivity contribution in [1.82, 2.24) is 15.2 Å². The number of aromatic nitrogens is 3. The molecule has 0 atom stereocenters. The Morgan fingerprint density at radius 1 is 1.26 bits per heavy atom. The lowest BCUT2D eigenvalue weighted by molar-refractivity contribution is -0.114. The number of rotatable bonds is 7. The molecule has 140 valence electrons. The number of nitrogens with one attached hydrogen (secondary N) is 3. The summed E-state index contributed by atoms with van der Waals surface area (Å²) in [6.07, 6.45) is 1.75. The lowest BCUT2D eigenvalue weighted by Gasteiger charge is -2.12. The fraction of sp³-hybridized carbons (Fsp3) is 0.176. The Labute approximate surface area is 158 Å². The van der Waals surface area contributed by atoms with E-state index in [0.717, 1.165) is 11.8 Å². The zero-order valence-electron chi connectivity index (χ0n) is 14.6. The summed E-state index contributed by atoms with van der Waals surface area (Å²) in [5.41, 5.74) is 1.71. The molecule has 10 heteroatoms. The first-order valence-electron chi connectivity index (χ1n) is 7.90. The second kappa shape index (κ2) is 8.41. The van der Waals surface area contributed by atoms with Crippen molar-refractivity contribution in [2.45, 2.75) is 12.1 Å². The molecule has 3 aromatic rings. The Bertz CT molecular complexity index is 939. The molecule has 0 spiro atoms. The second-order valence-corrected chi connectivity index (χ2v) is 6.32. The number of carbonyl (C=O) groups excluding carboxylic acids is 2. The number of aromatic amines is 1. The van der Waals surface area contributed by atoms with Gasteiger partial charge in [0.2, 0.25) is 11.8 Å². The molecule has 2 heterocycles. The number of methoxy groups -OCH3 is 1. The van der Waals surface area contributed by atoms with Crippen LogP contribution in [0.5, 0.6) is 5.75 Å². The van der Waals surface area contributed by atoms with Gasteiger partial charge in [-0.15, -0.1) is 10.2 Å². The number of hydrogen-bond donors (Lipinski definition) is 3. The first-order chi connectivity index (χ1) is 13.0. The SMILES string of the molecule is COc1ccc(NC(C)=O)cc1NC(=O)CSc1nnc(-c2ccc[nH]2)o1. The zero-order valence-corrected chi connectivity index (χ0v) is 15.4. The molecule has 27 heavy (non-hydrogen) atoms. The van der Waals surface area contributed by atoms with Gasteiger partial charge in [0.05, 0.1) is 18.6 Å². The van der Waals surface area contributed by atoms with Crippen LogP contribution in [0.3, 0.4) is 0 Å². The highest BCUT2D eigenvalue weighted by molar-refractivity contribution is 7.99. The van der Waals surface area contributed by atoms with E-state index in [1.165, 1.54) is 14.0 Å². The van der Waals surface area contributed by atoms with Crippen LogP contribution in [-0.4, -0.2) is 39.9 Å². The Balaban J connectivity index is 1.61. The van der Waals surface area contributed by atoms with E-state index in [0.29, 0.717) is 28.7 Å². The molecule has 3 rings (SSSR count). The third-order valence-electron chi connectivity index (χ3n) is 3.36. The van der Waals surface area contributed by atoms with Crippen molar-refractivity contribution in [3.63, 3.8) is 0 Å². The minimum atomic E-state index is -0.280. The second-order valence-electron chi connectivity index (χ2n) is 5.39. The molecular weight excluding hydrogens is 370 g/mol. The number of carbonyl (C=O) groups is 2. The fourth-order valence-corrected chi connectivity index (χ4v) is 2.80. The molecule has 0 radical (unpaired) electrons. The summed E-state index contributed by atoms with van der Waals surface area (Å²) in [5, 5.41) is 13.5. The molecule has 9 nitrogen and oxygen atoms in total. The molecule has 0 aliphatic rings. The number of H-pyrrole nitrogens is 1. The van der Waals surface area contributed by atoms with Crippen molar-refractivity contribution < 1.29 is 18.7 Å². The highest BCUT2D eigenvalue weighted by Crippen LogP contribution is 2.28. The van der Waals surface area contributed by atoms with E-state index < -0.39 is 0 Å². The lowest BCUT2D eigenvalue weighted by atomic mass is 10.2. The average molecular weight is 387 g/mol. The lowest BCUT2D eigenvalue weighted by Crippen LogP contribution is -2.15.